The molecule has 176 valence electrons. The fourth-order valence-electron chi connectivity index (χ4n) is 4.03. The Morgan fingerprint density at radius 2 is 1.78 bits per heavy atom. The standard InChI is InChI=1S/C28H19FN4O3/c1-18-24(27(34)32(28(35)25(18)15-30)17-23-8-5-13-36-23)14-20-16-33(22-6-3-2-4-7-22)31-26(20)19-9-11-21(29)12-10-19/h2-14,16H,17H2,1H3/b24-14+. The van der Waals surface area contributed by atoms with Crippen molar-refractivity contribution in [2.75, 3.05) is 0 Å². The minimum absolute atomic E-state index is 0.103. The smallest absolute Gasteiger partial charge is 0.272 e. The molecule has 0 unspecified atom stereocenters. The molecule has 2 aromatic carbocycles. The zero-order valence-electron chi connectivity index (χ0n) is 19.2. The van der Waals surface area contributed by atoms with Crippen LogP contribution in [0.25, 0.3) is 23.0 Å². The second-order valence-corrected chi connectivity index (χ2v) is 8.17. The van der Waals surface area contributed by atoms with Gasteiger partial charge >= 0.3 is 0 Å². The largest absolute Gasteiger partial charge is 0.467 e. The van der Waals surface area contributed by atoms with Gasteiger partial charge in [-0.25, -0.2) is 9.07 Å². The normalized spacial score (nSPS) is 15.0. The van der Waals surface area contributed by atoms with Gasteiger partial charge in [0.25, 0.3) is 11.8 Å². The third-order valence-corrected chi connectivity index (χ3v) is 5.90. The summed E-state index contributed by atoms with van der Waals surface area (Å²) in [5, 5.41) is 14.4. The highest BCUT2D eigenvalue weighted by Crippen LogP contribution is 2.31. The van der Waals surface area contributed by atoms with E-state index in [1.807, 2.05) is 36.4 Å². The molecule has 4 aromatic rings. The average molecular weight is 478 g/mol. The molecule has 7 nitrogen and oxygen atoms in total. The number of benzene rings is 2. The van der Waals surface area contributed by atoms with Crippen molar-refractivity contribution < 1.29 is 18.4 Å². The van der Waals surface area contributed by atoms with Gasteiger partial charge in [0.1, 0.15) is 23.2 Å². The summed E-state index contributed by atoms with van der Waals surface area (Å²) in [5.41, 5.74) is 2.87. The Hall–Kier alpha value is -5.03. The Labute approximate surface area is 206 Å². The summed E-state index contributed by atoms with van der Waals surface area (Å²) in [6.45, 7) is 1.47. The molecule has 0 spiro atoms. The van der Waals surface area contributed by atoms with Crippen LogP contribution in [0.15, 0.2) is 100 Å². The average Bonchev–Trinajstić information content (AvgIpc) is 3.56. The van der Waals surface area contributed by atoms with Crippen molar-refractivity contribution in [1.29, 1.82) is 5.26 Å². The molecule has 0 saturated carbocycles. The van der Waals surface area contributed by atoms with Gasteiger partial charge in [0, 0.05) is 22.9 Å². The quantitative estimate of drug-likeness (QED) is 0.295. The molecular weight excluding hydrogens is 459 g/mol. The van der Waals surface area contributed by atoms with E-state index in [0.717, 1.165) is 10.6 Å². The van der Waals surface area contributed by atoms with Gasteiger partial charge in [-0.1, -0.05) is 18.2 Å². The van der Waals surface area contributed by atoms with Crippen molar-refractivity contribution in [3.05, 3.63) is 113 Å². The second-order valence-electron chi connectivity index (χ2n) is 8.17. The van der Waals surface area contributed by atoms with Gasteiger partial charge in [-0.2, -0.15) is 10.4 Å². The van der Waals surface area contributed by atoms with Crippen LogP contribution in [0.3, 0.4) is 0 Å². The lowest BCUT2D eigenvalue weighted by Gasteiger charge is -2.26. The van der Waals surface area contributed by atoms with E-state index in [2.05, 4.69) is 0 Å². The van der Waals surface area contributed by atoms with Crippen LogP contribution in [0.2, 0.25) is 0 Å². The first-order chi connectivity index (χ1) is 17.5. The molecule has 3 heterocycles. The van der Waals surface area contributed by atoms with Crippen LogP contribution in [0.1, 0.15) is 18.2 Å². The number of halogens is 1. The number of nitrogens with zero attached hydrogens (tertiary/aromatic N) is 4. The van der Waals surface area contributed by atoms with E-state index >= 15 is 0 Å². The Morgan fingerprint density at radius 1 is 1.03 bits per heavy atom. The molecule has 1 aliphatic heterocycles. The Balaban J connectivity index is 1.66. The Morgan fingerprint density at radius 3 is 2.44 bits per heavy atom. The maximum absolute atomic E-state index is 13.6. The van der Waals surface area contributed by atoms with Crippen molar-refractivity contribution in [1.82, 2.24) is 14.7 Å². The number of nitriles is 1. The molecule has 0 saturated heterocycles. The molecule has 0 radical (unpaired) electrons. The summed E-state index contributed by atoms with van der Waals surface area (Å²) in [6, 6.07) is 20.5. The number of hydrogen-bond donors (Lipinski definition) is 0. The van der Waals surface area contributed by atoms with Crippen LogP contribution in [0, 0.1) is 17.1 Å². The van der Waals surface area contributed by atoms with Gasteiger partial charge in [-0.15, -0.1) is 0 Å². The highest BCUT2D eigenvalue weighted by molar-refractivity contribution is 6.19. The number of carbonyl (C=O) groups is 2. The van der Waals surface area contributed by atoms with Crippen molar-refractivity contribution in [3.63, 3.8) is 0 Å². The summed E-state index contributed by atoms with van der Waals surface area (Å²) < 4.78 is 20.6. The van der Waals surface area contributed by atoms with E-state index in [4.69, 9.17) is 9.52 Å². The minimum atomic E-state index is -0.674. The van der Waals surface area contributed by atoms with Gasteiger partial charge in [0.05, 0.1) is 24.2 Å². The number of rotatable bonds is 5. The molecule has 0 aliphatic carbocycles. The lowest BCUT2D eigenvalue weighted by Crippen LogP contribution is -2.42. The lowest BCUT2D eigenvalue weighted by molar-refractivity contribution is -0.141. The maximum atomic E-state index is 13.6. The van der Waals surface area contributed by atoms with Crippen LogP contribution in [0.5, 0.6) is 0 Å². The van der Waals surface area contributed by atoms with Crippen molar-refractivity contribution >= 4 is 17.9 Å². The molecule has 5 rings (SSSR count). The Bertz CT molecular complexity index is 1560. The van der Waals surface area contributed by atoms with Crippen LogP contribution >= 0.6 is 0 Å². The van der Waals surface area contributed by atoms with Gasteiger partial charge in [0.2, 0.25) is 0 Å². The fraction of sp³-hybridized carbons (Fsp3) is 0.0714. The molecule has 0 atom stereocenters. The van der Waals surface area contributed by atoms with E-state index in [-0.39, 0.29) is 29.1 Å². The Kier molecular flexibility index (Phi) is 5.88. The van der Waals surface area contributed by atoms with Crippen molar-refractivity contribution in [2.24, 2.45) is 0 Å². The van der Waals surface area contributed by atoms with Crippen LogP contribution in [-0.4, -0.2) is 26.5 Å². The molecule has 36 heavy (non-hydrogen) atoms. The first kappa shape index (κ1) is 22.7. The van der Waals surface area contributed by atoms with E-state index in [9.17, 15) is 19.2 Å². The third-order valence-electron chi connectivity index (χ3n) is 5.90. The minimum Gasteiger partial charge on any atom is -0.467 e. The topological polar surface area (TPSA) is 92.1 Å². The molecule has 8 heteroatoms. The zero-order chi connectivity index (χ0) is 25.2. The molecule has 0 fully saturated rings. The summed E-state index contributed by atoms with van der Waals surface area (Å²) >= 11 is 0. The number of aromatic nitrogens is 2. The van der Waals surface area contributed by atoms with Crippen LogP contribution in [0.4, 0.5) is 4.39 Å². The maximum Gasteiger partial charge on any atom is 0.272 e. The predicted molar refractivity (Wildman–Crippen MR) is 130 cm³/mol. The summed E-state index contributed by atoms with van der Waals surface area (Å²) in [5.74, 6) is -1.19. The number of amides is 2. The van der Waals surface area contributed by atoms with Gasteiger partial charge in [-0.05, 0) is 67.1 Å². The lowest BCUT2D eigenvalue weighted by atomic mass is 9.93. The third kappa shape index (κ3) is 4.14. The number of furan rings is 1. The predicted octanol–water partition coefficient (Wildman–Crippen LogP) is 5.06. The highest BCUT2D eigenvalue weighted by Gasteiger charge is 2.36. The van der Waals surface area contributed by atoms with Crippen LogP contribution in [-0.2, 0) is 16.1 Å². The molecule has 1 aliphatic rings. The number of para-hydroxylation sites is 1. The van der Waals surface area contributed by atoms with E-state index in [0.29, 0.717) is 22.6 Å². The van der Waals surface area contributed by atoms with E-state index in [1.165, 1.54) is 18.4 Å². The monoisotopic (exact) mass is 478 g/mol. The SMILES string of the molecule is CC1=C(C#N)C(=O)N(Cc2ccco2)C(=O)/C1=C/c1cn(-c2ccccc2)nc1-c1ccc(F)cc1. The van der Waals surface area contributed by atoms with Crippen LogP contribution < -0.4 is 0 Å². The number of hydrogen-bond acceptors (Lipinski definition) is 5. The molecule has 2 aromatic heterocycles. The van der Waals surface area contributed by atoms with Gasteiger partial charge in [0.15, 0.2) is 0 Å². The molecule has 0 N–H and O–H groups in total. The zero-order valence-corrected chi connectivity index (χ0v) is 19.2. The number of carbonyl (C=O) groups excluding carboxylic acids is 2. The van der Waals surface area contributed by atoms with Gasteiger partial charge < -0.3 is 4.42 Å². The molecule has 0 bridgehead atoms. The molecular formula is C28H19FN4O3. The van der Waals surface area contributed by atoms with Gasteiger partial charge in [-0.3, -0.25) is 14.5 Å². The van der Waals surface area contributed by atoms with Crippen molar-refractivity contribution in [3.8, 4) is 23.0 Å². The first-order valence-electron chi connectivity index (χ1n) is 11.1. The highest BCUT2D eigenvalue weighted by atomic mass is 19.1. The molecule has 2 amide bonds. The van der Waals surface area contributed by atoms with E-state index in [1.54, 1.807) is 48.1 Å². The fourth-order valence-corrected chi connectivity index (χ4v) is 4.03. The first-order valence-corrected chi connectivity index (χ1v) is 11.1. The van der Waals surface area contributed by atoms with E-state index < -0.39 is 11.8 Å². The summed E-state index contributed by atoms with van der Waals surface area (Å²) in [6.07, 6.45) is 4.81. The second kappa shape index (κ2) is 9.31. The summed E-state index contributed by atoms with van der Waals surface area (Å²) in [7, 11) is 0. The summed E-state index contributed by atoms with van der Waals surface area (Å²) in [4.78, 5) is 27.4. The number of imide groups is 1. The van der Waals surface area contributed by atoms with Crippen molar-refractivity contribution in [2.45, 2.75) is 13.5 Å².